The molecule has 0 saturated carbocycles. The van der Waals surface area contributed by atoms with Crippen molar-refractivity contribution >= 4 is 16.8 Å². The molecule has 0 radical (unpaired) electrons. The number of hydrogen-bond donors (Lipinski definition) is 2. The molecule has 1 heterocycles. The van der Waals surface area contributed by atoms with E-state index in [4.69, 9.17) is 13.8 Å². The maximum absolute atomic E-state index is 10.5. The maximum atomic E-state index is 10.5. The number of esters is 1. The van der Waals surface area contributed by atoms with Crippen molar-refractivity contribution in [3.8, 4) is 0 Å². The molecule has 1 fully saturated rings. The molecule has 12 heavy (non-hydrogen) atoms. The Balaban J connectivity index is 2.41. The van der Waals surface area contributed by atoms with Crippen LogP contribution in [0.5, 0.6) is 0 Å². The SMILES string of the molecule is CC(=O)OC1CCOS(O)(O)C1. The van der Waals surface area contributed by atoms with Crippen LogP contribution >= 0.6 is 10.9 Å². The summed E-state index contributed by atoms with van der Waals surface area (Å²) >= 11 is 0. The summed E-state index contributed by atoms with van der Waals surface area (Å²) in [7, 11) is -2.95. The maximum Gasteiger partial charge on any atom is 0.302 e. The number of rotatable bonds is 1. The summed E-state index contributed by atoms with van der Waals surface area (Å²) in [6.07, 6.45) is 0.108. The van der Waals surface area contributed by atoms with Gasteiger partial charge in [0.1, 0.15) is 6.10 Å². The highest BCUT2D eigenvalue weighted by Crippen LogP contribution is 2.44. The van der Waals surface area contributed by atoms with Crippen LogP contribution in [0.2, 0.25) is 0 Å². The Labute approximate surface area is 72.2 Å². The highest BCUT2D eigenvalue weighted by Gasteiger charge is 2.30. The van der Waals surface area contributed by atoms with E-state index in [-0.39, 0.29) is 12.4 Å². The van der Waals surface area contributed by atoms with Crippen LogP contribution in [0.3, 0.4) is 0 Å². The molecule has 0 aromatic rings. The highest BCUT2D eigenvalue weighted by molar-refractivity contribution is 8.20. The monoisotopic (exact) mass is 196 g/mol. The quantitative estimate of drug-likeness (QED) is 0.612. The molecule has 0 aliphatic carbocycles. The molecule has 6 heteroatoms. The second kappa shape index (κ2) is 3.61. The molecule has 0 spiro atoms. The van der Waals surface area contributed by atoms with E-state index < -0.39 is 22.9 Å². The minimum absolute atomic E-state index is 0.00736. The second-order valence-electron chi connectivity index (χ2n) is 2.62. The van der Waals surface area contributed by atoms with Crippen LogP contribution in [0, 0.1) is 0 Å². The lowest BCUT2D eigenvalue weighted by molar-refractivity contribution is -0.146. The third-order valence-electron chi connectivity index (χ3n) is 1.45. The molecular weight excluding hydrogens is 184 g/mol. The summed E-state index contributed by atoms with van der Waals surface area (Å²) in [4.78, 5) is 10.5. The molecule has 2 N–H and O–H groups in total. The van der Waals surface area contributed by atoms with Crippen molar-refractivity contribution in [3.05, 3.63) is 0 Å². The molecule has 1 atom stereocenters. The van der Waals surface area contributed by atoms with Crippen molar-refractivity contribution in [2.24, 2.45) is 0 Å². The minimum atomic E-state index is -2.95. The van der Waals surface area contributed by atoms with E-state index in [1.807, 2.05) is 0 Å². The zero-order valence-electron chi connectivity index (χ0n) is 6.73. The Kier molecular flexibility index (Phi) is 2.94. The van der Waals surface area contributed by atoms with Crippen LogP contribution < -0.4 is 0 Å². The van der Waals surface area contributed by atoms with Crippen LogP contribution in [0.4, 0.5) is 0 Å². The van der Waals surface area contributed by atoms with Crippen LogP contribution in [0.25, 0.3) is 0 Å². The predicted octanol–water partition coefficient (Wildman–Crippen LogP) is 1.00. The van der Waals surface area contributed by atoms with Crippen LogP contribution in [-0.4, -0.2) is 33.5 Å². The third-order valence-corrected chi connectivity index (χ3v) is 2.80. The summed E-state index contributed by atoms with van der Waals surface area (Å²) < 4.78 is 27.7. The molecule has 1 aliphatic rings. The Hall–Kier alpha value is -0.300. The van der Waals surface area contributed by atoms with E-state index in [1.165, 1.54) is 6.92 Å². The van der Waals surface area contributed by atoms with Crippen molar-refractivity contribution < 1.29 is 22.8 Å². The van der Waals surface area contributed by atoms with E-state index in [0.717, 1.165) is 0 Å². The van der Waals surface area contributed by atoms with Crippen molar-refractivity contribution in [2.75, 3.05) is 12.4 Å². The average Bonchev–Trinajstić information content (AvgIpc) is 1.82. The van der Waals surface area contributed by atoms with E-state index in [2.05, 4.69) is 4.18 Å². The van der Waals surface area contributed by atoms with Crippen LogP contribution in [0.15, 0.2) is 0 Å². The van der Waals surface area contributed by atoms with Gasteiger partial charge < -0.3 is 13.8 Å². The van der Waals surface area contributed by atoms with Gasteiger partial charge in [0, 0.05) is 13.3 Å². The van der Waals surface area contributed by atoms with Gasteiger partial charge in [-0.25, -0.2) is 0 Å². The number of carbonyl (C=O) groups is 1. The Morgan fingerprint density at radius 3 is 2.83 bits per heavy atom. The molecule has 5 nitrogen and oxygen atoms in total. The lowest BCUT2D eigenvalue weighted by atomic mass is 10.3. The normalized spacial score (nSPS) is 30.8. The van der Waals surface area contributed by atoms with Gasteiger partial charge in [-0.2, -0.15) is 0 Å². The summed E-state index contributed by atoms with van der Waals surface area (Å²) in [6, 6.07) is 0. The smallest absolute Gasteiger partial charge is 0.302 e. The first-order valence-corrected chi connectivity index (χ1v) is 5.21. The van der Waals surface area contributed by atoms with Gasteiger partial charge in [-0.15, -0.1) is 0 Å². The fourth-order valence-electron chi connectivity index (χ4n) is 1.01. The molecule has 1 unspecified atom stereocenters. The van der Waals surface area contributed by atoms with E-state index >= 15 is 0 Å². The highest BCUT2D eigenvalue weighted by atomic mass is 32.3. The van der Waals surface area contributed by atoms with Crippen LogP contribution in [-0.2, 0) is 13.7 Å². The van der Waals surface area contributed by atoms with Gasteiger partial charge in [0.2, 0.25) is 0 Å². The van der Waals surface area contributed by atoms with Gasteiger partial charge in [-0.1, -0.05) is 0 Å². The topological polar surface area (TPSA) is 76.0 Å². The molecule has 1 saturated heterocycles. The van der Waals surface area contributed by atoms with Gasteiger partial charge in [-0.05, 0) is 0 Å². The fourth-order valence-corrected chi connectivity index (χ4v) is 2.19. The Morgan fingerprint density at radius 1 is 1.67 bits per heavy atom. The van der Waals surface area contributed by atoms with E-state index in [9.17, 15) is 4.79 Å². The van der Waals surface area contributed by atoms with Crippen molar-refractivity contribution in [2.45, 2.75) is 19.4 Å². The molecule has 1 aliphatic heterocycles. The van der Waals surface area contributed by atoms with Crippen molar-refractivity contribution in [3.63, 3.8) is 0 Å². The fraction of sp³-hybridized carbons (Fsp3) is 0.833. The molecular formula is C6H12O5S. The Bertz CT molecular complexity index is 181. The van der Waals surface area contributed by atoms with Crippen molar-refractivity contribution in [1.29, 1.82) is 0 Å². The van der Waals surface area contributed by atoms with Gasteiger partial charge in [0.05, 0.1) is 23.2 Å². The number of hydrogen-bond acceptors (Lipinski definition) is 5. The van der Waals surface area contributed by atoms with Gasteiger partial charge in [0.15, 0.2) is 0 Å². The van der Waals surface area contributed by atoms with E-state index in [0.29, 0.717) is 6.42 Å². The van der Waals surface area contributed by atoms with E-state index in [1.54, 1.807) is 0 Å². The summed E-state index contributed by atoms with van der Waals surface area (Å²) in [5, 5.41) is 0. The molecule has 0 bridgehead atoms. The standard InChI is InChI=1S/C6H12O5S/c1-5(7)11-6-2-3-10-12(8,9)4-6/h6,8-9H,2-4H2,1H3. The lowest BCUT2D eigenvalue weighted by Gasteiger charge is -2.34. The average molecular weight is 196 g/mol. The van der Waals surface area contributed by atoms with Crippen molar-refractivity contribution in [1.82, 2.24) is 0 Å². The van der Waals surface area contributed by atoms with Gasteiger partial charge in [-0.3, -0.25) is 8.98 Å². The molecule has 0 amide bonds. The molecule has 0 aromatic carbocycles. The summed E-state index contributed by atoms with van der Waals surface area (Å²) in [6.45, 7) is 1.52. The van der Waals surface area contributed by atoms with Gasteiger partial charge in [0.25, 0.3) is 0 Å². The van der Waals surface area contributed by atoms with Crippen LogP contribution in [0.1, 0.15) is 13.3 Å². The zero-order chi connectivity index (χ0) is 9.19. The number of ether oxygens (including phenoxy) is 1. The largest absolute Gasteiger partial charge is 0.461 e. The molecule has 1 rings (SSSR count). The first kappa shape index (κ1) is 9.79. The first-order chi connectivity index (χ1) is 5.49. The number of carbonyl (C=O) groups excluding carboxylic acids is 1. The van der Waals surface area contributed by atoms with Gasteiger partial charge >= 0.3 is 5.97 Å². The predicted molar refractivity (Wildman–Crippen MR) is 43.8 cm³/mol. The Morgan fingerprint density at radius 2 is 2.33 bits per heavy atom. The summed E-state index contributed by atoms with van der Waals surface area (Å²) in [5.74, 6) is -0.413. The molecule has 0 aromatic heterocycles. The summed E-state index contributed by atoms with van der Waals surface area (Å²) in [5.41, 5.74) is 0. The second-order valence-corrected chi connectivity index (χ2v) is 4.40. The lowest BCUT2D eigenvalue weighted by Crippen LogP contribution is -2.31. The minimum Gasteiger partial charge on any atom is -0.461 e. The molecule has 72 valence electrons. The zero-order valence-corrected chi connectivity index (χ0v) is 7.54. The third kappa shape index (κ3) is 2.98. The first-order valence-electron chi connectivity index (χ1n) is 3.57.